The van der Waals surface area contributed by atoms with Gasteiger partial charge in [0, 0.05) is 24.7 Å². The molecule has 1 aromatic carbocycles. The quantitative estimate of drug-likeness (QED) is 0.479. The number of amides is 1. The minimum atomic E-state index is -0.653. The molecule has 0 N–H and O–H groups in total. The number of rotatable bonds is 4. The second-order valence-electron chi connectivity index (χ2n) is 6.58. The van der Waals surface area contributed by atoms with E-state index >= 15 is 0 Å². The summed E-state index contributed by atoms with van der Waals surface area (Å²) in [5.41, 5.74) is 0.518. The fourth-order valence-electron chi connectivity index (χ4n) is 3.16. The van der Waals surface area contributed by atoms with Crippen LogP contribution >= 0.6 is 0 Å². The maximum Gasteiger partial charge on any atom is 0.338 e. The summed E-state index contributed by atoms with van der Waals surface area (Å²) in [6.45, 7) is 6.79. The van der Waals surface area contributed by atoms with Gasteiger partial charge >= 0.3 is 5.97 Å². The molecule has 2 rings (SSSR count). The van der Waals surface area contributed by atoms with Crippen molar-refractivity contribution in [1.82, 2.24) is 4.90 Å². The monoisotopic (exact) mass is 334 g/mol. The summed E-state index contributed by atoms with van der Waals surface area (Å²) in [6, 6.07) is 4.00. The predicted molar refractivity (Wildman–Crippen MR) is 87.6 cm³/mol. The Morgan fingerprint density at radius 3 is 2.46 bits per heavy atom. The molecule has 7 nitrogen and oxygen atoms in total. The SMILES string of the molecule is Cc1cc(C(=O)OCC(=O)N2CC(C)CC(C)C2)ccc1[N+](=O)[O-]. The smallest absolute Gasteiger partial charge is 0.338 e. The van der Waals surface area contributed by atoms with Gasteiger partial charge in [0.05, 0.1) is 10.5 Å². The number of likely N-dealkylation sites (tertiary alicyclic amines) is 1. The van der Waals surface area contributed by atoms with E-state index < -0.39 is 10.9 Å². The highest BCUT2D eigenvalue weighted by atomic mass is 16.6. The maximum absolute atomic E-state index is 12.2. The lowest BCUT2D eigenvalue weighted by atomic mass is 9.92. The standard InChI is InChI=1S/C17H22N2O5/c1-11-6-12(2)9-18(8-11)16(20)10-24-17(21)14-4-5-15(19(22)23)13(3)7-14/h4-5,7,11-12H,6,8-10H2,1-3H3. The van der Waals surface area contributed by atoms with Crippen LogP contribution < -0.4 is 0 Å². The fourth-order valence-corrected chi connectivity index (χ4v) is 3.16. The van der Waals surface area contributed by atoms with E-state index in [1.807, 2.05) is 0 Å². The van der Waals surface area contributed by atoms with Crippen LogP contribution in [0.1, 0.15) is 36.2 Å². The summed E-state index contributed by atoms with van der Waals surface area (Å²) in [7, 11) is 0. The van der Waals surface area contributed by atoms with Crippen molar-refractivity contribution in [2.75, 3.05) is 19.7 Å². The normalized spacial score (nSPS) is 20.5. The zero-order valence-corrected chi connectivity index (χ0v) is 14.2. The van der Waals surface area contributed by atoms with Crippen LogP contribution in [0.15, 0.2) is 18.2 Å². The molecule has 130 valence electrons. The summed E-state index contributed by atoms with van der Waals surface area (Å²) >= 11 is 0. The van der Waals surface area contributed by atoms with Crippen LogP contribution in [0.25, 0.3) is 0 Å². The molecule has 2 atom stereocenters. The van der Waals surface area contributed by atoms with Gasteiger partial charge in [-0.2, -0.15) is 0 Å². The highest BCUT2D eigenvalue weighted by Crippen LogP contribution is 2.21. The van der Waals surface area contributed by atoms with E-state index in [2.05, 4.69) is 13.8 Å². The summed E-state index contributed by atoms with van der Waals surface area (Å²) in [5.74, 6) is 0.0104. The number of hydrogen-bond donors (Lipinski definition) is 0. The van der Waals surface area contributed by atoms with Gasteiger partial charge in [0.25, 0.3) is 11.6 Å². The van der Waals surface area contributed by atoms with Gasteiger partial charge in [0.15, 0.2) is 6.61 Å². The number of nitro benzene ring substituents is 1. The number of esters is 1. The first-order valence-corrected chi connectivity index (χ1v) is 7.98. The largest absolute Gasteiger partial charge is 0.452 e. The first kappa shape index (κ1) is 17.9. The van der Waals surface area contributed by atoms with Gasteiger partial charge in [-0.1, -0.05) is 13.8 Å². The third-order valence-corrected chi connectivity index (χ3v) is 4.18. The van der Waals surface area contributed by atoms with Gasteiger partial charge < -0.3 is 9.64 Å². The number of ether oxygens (including phenoxy) is 1. The molecule has 0 bridgehead atoms. The molecule has 0 aliphatic carbocycles. The number of aryl methyl sites for hydroxylation is 1. The van der Waals surface area contributed by atoms with Gasteiger partial charge in [0.2, 0.25) is 0 Å². The Morgan fingerprint density at radius 2 is 1.92 bits per heavy atom. The predicted octanol–water partition coefficient (Wildman–Crippen LogP) is 2.56. The summed E-state index contributed by atoms with van der Waals surface area (Å²) < 4.78 is 5.07. The van der Waals surface area contributed by atoms with Crippen LogP contribution in [0.3, 0.4) is 0 Å². The van der Waals surface area contributed by atoms with Crippen molar-refractivity contribution in [1.29, 1.82) is 0 Å². The third kappa shape index (κ3) is 4.31. The second kappa shape index (κ2) is 7.42. The lowest BCUT2D eigenvalue weighted by Crippen LogP contribution is -2.44. The number of carbonyl (C=O) groups is 2. The van der Waals surface area contributed by atoms with E-state index in [0.29, 0.717) is 30.5 Å². The van der Waals surface area contributed by atoms with Crippen LogP contribution in [0, 0.1) is 28.9 Å². The van der Waals surface area contributed by atoms with Crippen molar-refractivity contribution in [3.8, 4) is 0 Å². The molecule has 2 unspecified atom stereocenters. The number of benzene rings is 1. The molecule has 1 aliphatic rings. The van der Waals surface area contributed by atoms with Crippen molar-refractivity contribution in [2.24, 2.45) is 11.8 Å². The number of hydrogen-bond acceptors (Lipinski definition) is 5. The molecular weight excluding hydrogens is 312 g/mol. The molecule has 7 heteroatoms. The molecule has 0 spiro atoms. The zero-order valence-electron chi connectivity index (χ0n) is 14.2. The van der Waals surface area contributed by atoms with Crippen LogP contribution in [0.5, 0.6) is 0 Å². The molecule has 1 heterocycles. The molecule has 24 heavy (non-hydrogen) atoms. The lowest BCUT2D eigenvalue weighted by molar-refractivity contribution is -0.385. The summed E-state index contributed by atoms with van der Waals surface area (Å²) in [4.78, 5) is 36.2. The minimum absolute atomic E-state index is 0.0566. The molecule has 0 aromatic heterocycles. The lowest BCUT2D eigenvalue weighted by Gasteiger charge is -2.34. The number of piperidine rings is 1. The van der Waals surface area contributed by atoms with Crippen molar-refractivity contribution >= 4 is 17.6 Å². The van der Waals surface area contributed by atoms with Crippen molar-refractivity contribution in [3.05, 3.63) is 39.4 Å². The summed E-state index contributed by atoms with van der Waals surface area (Å²) in [5, 5.41) is 10.8. The van der Waals surface area contributed by atoms with Gasteiger partial charge in [-0.05, 0) is 37.3 Å². The Morgan fingerprint density at radius 1 is 1.29 bits per heavy atom. The molecule has 1 aromatic rings. The fraction of sp³-hybridized carbons (Fsp3) is 0.529. The molecule has 1 amide bonds. The van der Waals surface area contributed by atoms with Crippen molar-refractivity contribution in [3.63, 3.8) is 0 Å². The van der Waals surface area contributed by atoms with Crippen molar-refractivity contribution in [2.45, 2.75) is 27.2 Å². The maximum atomic E-state index is 12.2. The van der Waals surface area contributed by atoms with E-state index in [1.54, 1.807) is 11.8 Å². The Labute approximate surface area is 140 Å². The van der Waals surface area contributed by atoms with Crippen LogP contribution in [0.4, 0.5) is 5.69 Å². The van der Waals surface area contributed by atoms with E-state index in [-0.39, 0.29) is 23.8 Å². The van der Waals surface area contributed by atoms with Crippen molar-refractivity contribution < 1.29 is 19.2 Å². The van der Waals surface area contributed by atoms with E-state index in [1.165, 1.54) is 18.2 Å². The van der Waals surface area contributed by atoms with E-state index in [0.717, 1.165) is 6.42 Å². The Hall–Kier alpha value is -2.44. The number of carbonyl (C=O) groups excluding carboxylic acids is 2. The minimum Gasteiger partial charge on any atom is -0.452 e. The van der Waals surface area contributed by atoms with E-state index in [4.69, 9.17) is 4.74 Å². The molecule has 1 fully saturated rings. The van der Waals surface area contributed by atoms with Gasteiger partial charge in [-0.25, -0.2) is 4.79 Å². The number of nitro groups is 1. The van der Waals surface area contributed by atoms with Crippen LogP contribution in [-0.2, 0) is 9.53 Å². The number of nitrogens with zero attached hydrogens (tertiary/aromatic N) is 2. The molecule has 0 saturated carbocycles. The molecule has 1 aliphatic heterocycles. The Balaban J connectivity index is 1.94. The average Bonchev–Trinajstić information content (AvgIpc) is 2.50. The van der Waals surface area contributed by atoms with Gasteiger partial charge in [0.1, 0.15) is 0 Å². The zero-order chi connectivity index (χ0) is 17.9. The average molecular weight is 334 g/mol. The van der Waals surface area contributed by atoms with Gasteiger partial charge in [-0.3, -0.25) is 14.9 Å². The molecule has 1 saturated heterocycles. The van der Waals surface area contributed by atoms with Gasteiger partial charge in [-0.15, -0.1) is 0 Å². The molecule has 0 radical (unpaired) electrons. The van der Waals surface area contributed by atoms with Crippen LogP contribution in [-0.4, -0.2) is 41.4 Å². The topological polar surface area (TPSA) is 89.8 Å². The summed E-state index contributed by atoms with van der Waals surface area (Å²) in [6.07, 6.45) is 1.09. The first-order chi connectivity index (χ1) is 11.3. The Kier molecular flexibility index (Phi) is 5.54. The highest BCUT2D eigenvalue weighted by Gasteiger charge is 2.26. The Bertz CT molecular complexity index is 648. The molecular formula is C17H22N2O5. The van der Waals surface area contributed by atoms with Crippen LogP contribution in [0.2, 0.25) is 0 Å². The van der Waals surface area contributed by atoms with E-state index in [9.17, 15) is 19.7 Å². The third-order valence-electron chi connectivity index (χ3n) is 4.18. The highest BCUT2D eigenvalue weighted by molar-refractivity contribution is 5.91. The second-order valence-corrected chi connectivity index (χ2v) is 6.58. The first-order valence-electron chi connectivity index (χ1n) is 7.98.